The van der Waals surface area contributed by atoms with Crippen molar-refractivity contribution in [2.24, 2.45) is 4.99 Å². The van der Waals surface area contributed by atoms with Gasteiger partial charge in [-0.2, -0.15) is 0 Å². The summed E-state index contributed by atoms with van der Waals surface area (Å²) in [6.45, 7) is 10.8. The van der Waals surface area contributed by atoms with E-state index in [0.29, 0.717) is 6.54 Å². The first-order valence-corrected chi connectivity index (χ1v) is 11.1. The highest BCUT2D eigenvalue weighted by Crippen LogP contribution is 2.14. The molecule has 1 unspecified atom stereocenters. The lowest BCUT2D eigenvalue weighted by molar-refractivity contribution is 0.223. The Hall–Kier alpha value is -2.87. The van der Waals surface area contributed by atoms with Crippen LogP contribution in [0.2, 0.25) is 0 Å². The first-order chi connectivity index (χ1) is 15.1. The Morgan fingerprint density at radius 2 is 1.90 bits per heavy atom. The molecule has 1 aliphatic rings. The molecule has 2 heterocycles. The summed E-state index contributed by atoms with van der Waals surface area (Å²) in [4.78, 5) is 17.8. The van der Waals surface area contributed by atoms with Crippen LogP contribution >= 0.6 is 0 Å². The molecule has 31 heavy (non-hydrogen) atoms. The molecule has 2 N–H and O–H groups in total. The molecule has 8 heteroatoms. The van der Waals surface area contributed by atoms with Crippen molar-refractivity contribution in [2.75, 3.05) is 57.8 Å². The summed E-state index contributed by atoms with van der Waals surface area (Å²) < 4.78 is 5.97. The molecule has 0 saturated carbocycles. The van der Waals surface area contributed by atoms with E-state index in [1.165, 1.54) is 5.56 Å². The number of hydrogen-bond acceptors (Lipinski definition) is 6. The standard InChI is InChI=1S/C23H35N7O/c1-19-7-4-8-21(17-19)31-20(2)18-28-22(24-3)25-11-6-12-29-13-15-30(16-14-29)23-26-9-5-10-27-23/h4-5,7-10,17,20H,6,11-16,18H2,1-3H3,(H2,24,25,28). The van der Waals surface area contributed by atoms with Crippen LogP contribution in [0, 0.1) is 6.92 Å². The van der Waals surface area contributed by atoms with Crippen LogP contribution in [-0.2, 0) is 0 Å². The molecule has 1 aromatic carbocycles. The van der Waals surface area contributed by atoms with Gasteiger partial charge in [-0.1, -0.05) is 12.1 Å². The first-order valence-electron chi connectivity index (χ1n) is 11.1. The number of anilines is 1. The van der Waals surface area contributed by atoms with Crippen molar-refractivity contribution < 1.29 is 4.74 Å². The summed E-state index contributed by atoms with van der Waals surface area (Å²) >= 11 is 0. The quantitative estimate of drug-likeness (QED) is 0.361. The van der Waals surface area contributed by atoms with E-state index in [4.69, 9.17) is 4.74 Å². The van der Waals surface area contributed by atoms with Gasteiger partial charge in [0.2, 0.25) is 5.95 Å². The zero-order valence-electron chi connectivity index (χ0n) is 18.9. The van der Waals surface area contributed by atoms with Crippen LogP contribution in [-0.4, -0.2) is 79.8 Å². The van der Waals surface area contributed by atoms with Gasteiger partial charge in [0.25, 0.3) is 0 Å². The first kappa shape index (κ1) is 22.8. The normalized spacial score (nSPS) is 16.1. The van der Waals surface area contributed by atoms with E-state index in [1.54, 1.807) is 19.4 Å². The molecule has 168 valence electrons. The van der Waals surface area contributed by atoms with Gasteiger partial charge in [0.1, 0.15) is 11.9 Å². The number of rotatable bonds is 9. The minimum atomic E-state index is 0.0465. The lowest BCUT2D eigenvalue weighted by Gasteiger charge is -2.34. The number of aryl methyl sites for hydroxylation is 1. The van der Waals surface area contributed by atoms with Crippen LogP contribution in [0.5, 0.6) is 5.75 Å². The Morgan fingerprint density at radius 1 is 1.13 bits per heavy atom. The molecular weight excluding hydrogens is 390 g/mol. The fraction of sp³-hybridized carbons (Fsp3) is 0.522. The van der Waals surface area contributed by atoms with Gasteiger partial charge in [-0.3, -0.25) is 9.89 Å². The van der Waals surface area contributed by atoms with Gasteiger partial charge in [0.05, 0.1) is 6.54 Å². The number of aliphatic imine (C=N–C) groups is 1. The van der Waals surface area contributed by atoms with E-state index in [0.717, 1.165) is 63.3 Å². The van der Waals surface area contributed by atoms with Gasteiger partial charge in [-0.15, -0.1) is 0 Å². The molecule has 8 nitrogen and oxygen atoms in total. The lowest BCUT2D eigenvalue weighted by Crippen LogP contribution is -2.48. The fourth-order valence-corrected chi connectivity index (χ4v) is 3.56. The molecular formula is C23H35N7O. The van der Waals surface area contributed by atoms with Gasteiger partial charge in [0, 0.05) is 52.2 Å². The van der Waals surface area contributed by atoms with E-state index in [-0.39, 0.29) is 6.10 Å². The van der Waals surface area contributed by atoms with Gasteiger partial charge in [-0.25, -0.2) is 9.97 Å². The summed E-state index contributed by atoms with van der Waals surface area (Å²) in [6.07, 6.45) is 4.72. The smallest absolute Gasteiger partial charge is 0.225 e. The Bertz CT molecular complexity index is 807. The van der Waals surface area contributed by atoms with Crippen molar-refractivity contribution in [3.8, 4) is 5.75 Å². The van der Waals surface area contributed by atoms with Crippen molar-refractivity contribution >= 4 is 11.9 Å². The maximum absolute atomic E-state index is 5.97. The number of piperazine rings is 1. The number of ether oxygens (including phenoxy) is 1. The van der Waals surface area contributed by atoms with Crippen molar-refractivity contribution in [3.05, 3.63) is 48.3 Å². The minimum absolute atomic E-state index is 0.0465. The van der Waals surface area contributed by atoms with E-state index in [1.807, 2.05) is 18.2 Å². The molecule has 1 fully saturated rings. The maximum Gasteiger partial charge on any atom is 0.225 e. The highest BCUT2D eigenvalue weighted by molar-refractivity contribution is 5.79. The van der Waals surface area contributed by atoms with E-state index >= 15 is 0 Å². The number of nitrogens with zero attached hydrogens (tertiary/aromatic N) is 5. The third-order valence-electron chi connectivity index (χ3n) is 5.26. The van der Waals surface area contributed by atoms with Gasteiger partial charge >= 0.3 is 0 Å². The third-order valence-corrected chi connectivity index (χ3v) is 5.26. The minimum Gasteiger partial charge on any atom is -0.489 e. The molecule has 1 atom stereocenters. The van der Waals surface area contributed by atoms with Crippen LogP contribution in [0.15, 0.2) is 47.7 Å². The zero-order valence-corrected chi connectivity index (χ0v) is 18.9. The Labute approximate surface area is 185 Å². The summed E-state index contributed by atoms with van der Waals surface area (Å²) in [6, 6.07) is 9.98. The number of benzene rings is 1. The molecule has 0 amide bonds. The van der Waals surface area contributed by atoms with Crippen LogP contribution in [0.4, 0.5) is 5.95 Å². The van der Waals surface area contributed by atoms with Crippen molar-refractivity contribution in [1.29, 1.82) is 0 Å². The predicted octanol–water partition coefficient (Wildman–Crippen LogP) is 1.93. The molecule has 0 aliphatic carbocycles. The van der Waals surface area contributed by atoms with Crippen molar-refractivity contribution in [1.82, 2.24) is 25.5 Å². The van der Waals surface area contributed by atoms with Crippen LogP contribution in [0.1, 0.15) is 18.9 Å². The number of aromatic nitrogens is 2. The third kappa shape index (κ3) is 7.71. The predicted molar refractivity (Wildman–Crippen MR) is 126 cm³/mol. The topological polar surface area (TPSA) is 77.9 Å². The van der Waals surface area contributed by atoms with Crippen LogP contribution in [0.25, 0.3) is 0 Å². The van der Waals surface area contributed by atoms with Crippen LogP contribution < -0.4 is 20.3 Å². The number of hydrogen-bond donors (Lipinski definition) is 2. The largest absolute Gasteiger partial charge is 0.489 e. The van der Waals surface area contributed by atoms with Crippen molar-refractivity contribution in [2.45, 2.75) is 26.4 Å². The number of nitrogens with one attached hydrogen (secondary N) is 2. The van der Waals surface area contributed by atoms with Crippen molar-refractivity contribution in [3.63, 3.8) is 0 Å². The molecule has 2 aromatic rings. The molecule has 3 rings (SSSR count). The van der Waals surface area contributed by atoms with Gasteiger partial charge in [0.15, 0.2) is 5.96 Å². The summed E-state index contributed by atoms with van der Waals surface area (Å²) in [7, 11) is 1.80. The maximum atomic E-state index is 5.97. The molecule has 1 aromatic heterocycles. The molecule has 1 aliphatic heterocycles. The molecule has 0 spiro atoms. The highest BCUT2D eigenvalue weighted by Gasteiger charge is 2.18. The number of guanidine groups is 1. The van der Waals surface area contributed by atoms with E-state index < -0.39 is 0 Å². The molecule has 0 bridgehead atoms. The Balaban J connectivity index is 1.28. The van der Waals surface area contributed by atoms with Crippen LogP contribution in [0.3, 0.4) is 0 Å². The lowest BCUT2D eigenvalue weighted by atomic mass is 10.2. The average molecular weight is 426 g/mol. The second-order valence-corrected chi connectivity index (χ2v) is 7.86. The second kappa shape index (κ2) is 12.1. The summed E-state index contributed by atoms with van der Waals surface area (Å²) in [5.74, 6) is 2.54. The van der Waals surface area contributed by atoms with Gasteiger partial charge < -0.3 is 20.3 Å². The summed E-state index contributed by atoms with van der Waals surface area (Å²) in [5.41, 5.74) is 1.20. The Morgan fingerprint density at radius 3 is 2.61 bits per heavy atom. The zero-order chi connectivity index (χ0) is 21.9. The fourth-order valence-electron chi connectivity index (χ4n) is 3.56. The highest BCUT2D eigenvalue weighted by atomic mass is 16.5. The second-order valence-electron chi connectivity index (χ2n) is 7.86. The molecule has 1 saturated heterocycles. The Kier molecular flexibility index (Phi) is 8.90. The average Bonchev–Trinajstić information content (AvgIpc) is 2.79. The monoisotopic (exact) mass is 425 g/mol. The summed E-state index contributed by atoms with van der Waals surface area (Å²) in [5, 5.41) is 6.74. The molecule has 0 radical (unpaired) electrons. The van der Waals surface area contributed by atoms with Gasteiger partial charge in [-0.05, 0) is 50.6 Å². The van der Waals surface area contributed by atoms with E-state index in [2.05, 4.69) is 61.4 Å². The van der Waals surface area contributed by atoms with E-state index in [9.17, 15) is 0 Å². The SMILES string of the molecule is CN=C(NCCCN1CCN(c2ncccn2)CC1)NCC(C)Oc1cccc(C)c1.